The smallest absolute Gasteiger partial charge is 0.110 e. The number of nitrogens with one attached hydrogen (secondary N) is 1. The van der Waals surface area contributed by atoms with Crippen molar-refractivity contribution < 1.29 is 5.11 Å². The van der Waals surface area contributed by atoms with Crippen LogP contribution in [-0.2, 0) is 6.42 Å². The molecule has 2 N–H and O–H groups in total. The van der Waals surface area contributed by atoms with Gasteiger partial charge in [0.05, 0.1) is 0 Å². The first-order chi connectivity index (χ1) is 5.33. The highest BCUT2D eigenvalue weighted by molar-refractivity contribution is 5.04. The van der Waals surface area contributed by atoms with Gasteiger partial charge in [0, 0.05) is 18.3 Å². The number of hydrogen-bond acceptors (Lipinski definition) is 3. The topological polar surface area (TPSA) is 45.1 Å². The minimum absolute atomic E-state index is 0.495. The molecule has 1 unspecified atom stereocenters. The molecule has 1 heterocycles. The Kier molecular flexibility index (Phi) is 3.01. The van der Waals surface area contributed by atoms with Crippen molar-refractivity contribution in [1.82, 2.24) is 10.3 Å². The average molecular weight is 152 g/mol. The van der Waals surface area contributed by atoms with Crippen LogP contribution in [0.5, 0.6) is 0 Å². The van der Waals surface area contributed by atoms with Crippen molar-refractivity contribution in [2.24, 2.45) is 0 Å². The van der Waals surface area contributed by atoms with Crippen LogP contribution in [0.1, 0.15) is 5.69 Å². The zero-order valence-electron chi connectivity index (χ0n) is 6.49. The number of rotatable bonds is 3. The highest BCUT2D eigenvalue weighted by Crippen LogP contribution is 1.95. The van der Waals surface area contributed by atoms with Gasteiger partial charge < -0.3 is 5.11 Å². The first-order valence-electron chi connectivity index (χ1n) is 3.58. The van der Waals surface area contributed by atoms with E-state index in [2.05, 4.69) is 10.3 Å². The van der Waals surface area contributed by atoms with E-state index < -0.39 is 6.23 Å². The second kappa shape index (κ2) is 4.05. The van der Waals surface area contributed by atoms with Crippen molar-refractivity contribution in [3.63, 3.8) is 0 Å². The zero-order chi connectivity index (χ0) is 8.10. The molecule has 3 heteroatoms. The van der Waals surface area contributed by atoms with Gasteiger partial charge in [0.25, 0.3) is 0 Å². The lowest BCUT2D eigenvalue weighted by Crippen LogP contribution is -2.26. The quantitative estimate of drug-likeness (QED) is 0.606. The van der Waals surface area contributed by atoms with Crippen LogP contribution in [0.2, 0.25) is 0 Å². The second-order valence-corrected chi connectivity index (χ2v) is 2.33. The summed E-state index contributed by atoms with van der Waals surface area (Å²) in [5.41, 5.74) is 0.898. The Balaban J connectivity index is 2.51. The zero-order valence-corrected chi connectivity index (χ0v) is 6.49. The standard InChI is InChI=1S/C8H12N2O/c1-9-8(11)6-7-4-2-3-5-10-7/h2-5,8-9,11H,6H2,1H3. The third-order valence-corrected chi connectivity index (χ3v) is 1.46. The van der Waals surface area contributed by atoms with E-state index in [1.54, 1.807) is 13.2 Å². The van der Waals surface area contributed by atoms with Crippen LogP contribution in [0.15, 0.2) is 24.4 Å². The minimum Gasteiger partial charge on any atom is -0.378 e. The molecule has 0 amide bonds. The molecule has 60 valence electrons. The number of aromatic nitrogens is 1. The predicted octanol–water partition coefficient (Wildman–Crippen LogP) is 0.162. The molecular weight excluding hydrogens is 140 g/mol. The molecule has 0 radical (unpaired) electrons. The first kappa shape index (κ1) is 8.17. The maximum Gasteiger partial charge on any atom is 0.110 e. The molecule has 11 heavy (non-hydrogen) atoms. The Labute approximate surface area is 66.1 Å². The van der Waals surface area contributed by atoms with E-state index in [1.807, 2.05) is 18.2 Å². The van der Waals surface area contributed by atoms with Crippen LogP contribution in [0.4, 0.5) is 0 Å². The largest absolute Gasteiger partial charge is 0.378 e. The maximum absolute atomic E-state index is 9.16. The summed E-state index contributed by atoms with van der Waals surface area (Å²) in [6, 6.07) is 5.65. The summed E-state index contributed by atoms with van der Waals surface area (Å²) in [6.45, 7) is 0. The van der Waals surface area contributed by atoms with Crippen molar-refractivity contribution in [1.29, 1.82) is 0 Å². The molecule has 1 rings (SSSR count). The Morgan fingerprint density at radius 3 is 3.00 bits per heavy atom. The Morgan fingerprint density at radius 1 is 1.64 bits per heavy atom. The van der Waals surface area contributed by atoms with E-state index in [-0.39, 0.29) is 0 Å². The molecule has 0 saturated carbocycles. The van der Waals surface area contributed by atoms with E-state index in [0.29, 0.717) is 6.42 Å². The third kappa shape index (κ3) is 2.65. The molecule has 1 atom stereocenters. The molecule has 0 saturated heterocycles. The van der Waals surface area contributed by atoms with E-state index in [1.165, 1.54) is 0 Å². The molecular formula is C8H12N2O. The van der Waals surface area contributed by atoms with E-state index in [0.717, 1.165) is 5.69 Å². The highest BCUT2D eigenvalue weighted by atomic mass is 16.3. The second-order valence-electron chi connectivity index (χ2n) is 2.33. The summed E-state index contributed by atoms with van der Waals surface area (Å²) in [7, 11) is 1.72. The third-order valence-electron chi connectivity index (χ3n) is 1.46. The number of hydrogen-bond donors (Lipinski definition) is 2. The van der Waals surface area contributed by atoms with Crippen molar-refractivity contribution in [2.45, 2.75) is 12.6 Å². The summed E-state index contributed by atoms with van der Waals surface area (Å²) in [6.07, 6.45) is 1.78. The van der Waals surface area contributed by atoms with Crippen molar-refractivity contribution in [3.05, 3.63) is 30.1 Å². The fraction of sp³-hybridized carbons (Fsp3) is 0.375. The van der Waals surface area contributed by atoms with Gasteiger partial charge in [-0.1, -0.05) is 6.07 Å². The van der Waals surface area contributed by atoms with Crippen molar-refractivity contribution in [3.8, 4) is 0 Å². The van der Waals surface area contributed by atoms with Gasteiger partial charge in [-0.15, -0.1) is 0 Å². The van der Waals surface area contributed by atoms with Gasteiger partial charge in [0.2, 0.25) is 0 Å². The fourth-order valence-electron chi connectivity index (χ4n) is 0.819. The van der Waals surface area contributed by atoms with Gasteiger partial charge in [0.15, 0.2) is 0 Å². The van der Waals surface area contributed by atoms with Crippen LogP contribution < -0.4 is 5.32 Å². The van der Waals surface area contributed by atoms with Gasteiger partial charge in [-0.25, -0.2) is 0 Å². The Bertz CT molecular complexity index is 201. The Morgan fingerprint density at radius 2 is 2.45 bits per heavy atom. The first-order valence-corrected chi connectivity index (χ1v) is 3.58. The summed E-state index contributed by atoms with van der Waals surface area (Å²) in [5, 5.41) is 11.9. The molecule has 0 aromatic carbocycles. The van der Waals surface area contributed by atoms with Gasteiger partial charge in [-0.3, -0.25) is 10.3 Å². The van der Waals surface area contributed by atoms with Crippen LogP contribution >= 0.6 is 0 Å². The van der Waals surface area contributed by atoms with Gasteiger partial charge >= 0.3 is 0 Å². The summed E-state index contributed by atoms with van der Waals surface area (Å²) in [5.74, 6) is 0. The number of aliphatic hydroxyl groups excluding tert-OH is 1. The molecule has 0 aliphatic carbocycles. The molecule has 1 aromatic heterocycles. The highest BCUT2D eigenvalue weighted by Gasteiger charge is 2.00. The van der Waals surface area contributed by atoms with Crippen LogP contribution in [0.3, 0.4) is 0 Å². The number of aliphatic hydroxyl groups is 1. The predicted molar refractivity (Wildman–Crippen MR) is 43.0 cm³/mol. The van der Waals surface area contributed by atoms with Crippen molar-refractivity contribution in [2.75, 3.05) is 7.05 Å². The monoisotopic (exact) mass is 152 g/mol. The van der Waals surface area contributed by atoms with Crippen LogP contribution in [0.25, 0.3) is 0 Å². The fourth-order valence-corrected chi connectivity index (χ4v) is 0.819. The lowest BCUT2D eigenvalue weighted by atomic mass is 10.2. The van der Waals surface area contributed by atoms with Gasteiger partial charge in [0.1, 0.15) is 6.23 Å². The minimum atomic E-state index is -0.495. The summed E-state index contributed by atoms with van der Waals surface area (Å²) < 4.78 is 0. The van der Waals surface area contributed by atoms with Crippen LogP contribution in [-0.4, -0.2) is 23.4 Å². The molecule has 1 aromatic rings. The molecule has 0 aliphatic rings. The summed E-state index contributed by atoms with van der Waals surface area (Å²) in [4.78, 5) is 4.07. The molecule has 0 aliphatic heterocycles. The molecule has 0 bridgehead atoms. The SMILES string of the molecule is CNC(O)Cc1ccccn1. The molecule has 0 spiro atoms. The lowest BCUT2D eigenvalue weighted by Gasteiger charge is -2.06. The lowest BCUT2D eigenvalue weighted by molar-refractivity contribution is 0.146. The van der Waals surface area contributed by atoms with E-state index in [9.17, 15) is 0 Å². The number of pyridine rings is 1. The number of likely N-dealkylation sites (N-methyl/N-ethyl adjacent to an activating group) is 1. The molecule has 3 nitrogen and oxygen atoms in total. The van der Waals surface area contributed by atoms with Crippen molar-refractivity contribution >= 4 is 0 Å². The maximum atomic E-state index is 9.16. The number of nitrogens with zero attached hydrogens (tertiary/aromatic N) is 1. The summed E-state index contributed by atoms with van der Waals surface area (Å²) >= 11 is 0. The van der Waals surface area contributed by atoms with E-state index in [4.69, 9.17) is 5.11 Å². The van der Waals surface area contributed by atoms with Gasteiger partial charge in [-0.2, -0.15) is 0 Å². The van der Waals surface area contributed by atoms with E-state index >= 15 is 0 Å². The van der Waals surface area contributed by atoms with Gasteiger partial charge in [-0.05, 0) is 19.2 Å². The average Bonchev–Trinajstić information content (AvgIpc) is 2.06. The normalized spacial score (nSPS) is 12.9. The molecule has 0 fully saturated rings. The van der Waals surface area contributed by atoms with Crippen LogP contribution in [0, 0.1) is 0 Å². The Hall–Kier alpha value is -0.930.